The Labute approximate surface area is 248 Å². The molecule has 1 aliphatic heterocycles. The summed E-state index contributed by atoms with van der Waals surface area (Å²) in [7, 11) is -0.368. The molecular formula is C31H53BO9. The fraction of sp³-hybridized carbons (Fsp3) is 0.774. The van der Waals surface area contributed by atoms with E-state index in [2.05, 4.69) is 6.92 Å². The molecule has 41 heavy (non-hydrogen) atoms. The summed E-state index contributed by atoms with van der Waals surface area (Å²) in [6.07, 6.45) is 4.77. The van der Waals surface area contributed by atoms with Crippen molar-refractivity contribution in [3.63, 3.8) is 0 Å². The lowest BCUT2D eigenvalue weighted by atomic mass is 9.79. The van der Waals surface area contributed by atoms with Gasteiger partial charge in [0.05, 0.1) is 77.3 Å². The van der Waals surface area contributed by atoms with Crippen LogP contribution >= 0.6 is 0 Å². The highest BCUT2D eigenvalue weighted by Gasteiger charge is 2.51. The first-order chi connectivity index (χ1) is 19.7. The summed E-state index contributed by atoms with van der Waals surface area (Å²) in [4.78, 5) is 12.1. The first-order valence-electron chi connectivity index (χ1n) is 15.2. The van der Waals surface area contributed by atoms with Gasteiger partial charge in [0.15, 0.2) is 0 Å². The molecule has 0 saturated carbocycles. The van der Waals surface area contributed by atoms with E-state index >= 15 is 0 Å². The second-order valence-corrected chi connectivity index (χ2v) is 11.2. The molecule has 1 fully saturated rings. The van der Waals surface area contributed by atoms with Crippen molar-refractivity contribution in [2.24, 2.45) is 0 Å². The van der Waals surface area contributed by atoms with Crippen molar-refractivity contribution in [3.8, 4) is 5.75 Å². The maximum absolute atomic E-state index is 12.1. The second-order valence-electron chi connectivity index (χ2n) is 11.2. The Bertz CT molecular complexity index is 800. The zero-order chi connectivity index (χ0) is 29.8. The summed E-state index contributed by atoms with van der Waals surface area (Å²) < 4.78 is 45.2. The van der Waals surface area contributed by atoms with Crippen molar-refractivity contribution >= 4 is 18.4 Å². The fourth-order valence-corrected chi connectivity index (χ4v) is 3.93. The van der Waals surface area contributed by atoms with Crippen molar-refractivity contribution < 1.29 is 42.5 Å². The largest absolute Gasteiger partial charge is 0.494 e. The molecule has 2 rings (SSSR count). The van der Waals surface area contributed by atoms with E-state index in [4.69, 9.17) is 37.7 Å². The highest BCUT2D eigenvalue weighted by Crippen LogP contribution is 2.36. The molecule has 10 heteroatoms. The smallest absolute Gasteiger partial charge is 0.494 e. The van der Waals surface area contributed by atoms with Gasteiger partial charge in [0.1, 0.15) is 11.5 Å². The van der Waals surface area contributed by atoms with E-state index in [1.807, 2.05) is 52.0 Å². The summed E-state index contributed by atoms with van der Waals surface area (Å²) in [6, 6.07) is 7.88. The van der Waals surface area contributed by atoms with Gasteiger partial charge in [-0.1, -0.05) is 19.1 Å². The molecule has 1 aliphatic rings. The van der Waals surface area contributed by atoms with Crippen molar-refractivity contribution in [1.82, 2.24) is 0 Å². The van der Waals surface area contributed by atoms with Crippen LogP contribution in [-0.4, -0.2) is 96.8 Å². The van der Waals surface area contributed by atoms with E-state index in [0.717, 1.165) is 43.5 Å². The predicted octanol–water partition coefficient (Wildman–Crippen LogP) is 4.38. The molecule has 234 valence electrons. The van der Waals surface area contributed by atoms with E-state index in [9.17, 15) is 4.79 Å². The Morgan fingerprint density at radius 2 is 1.12 bits per heavy atom. The second kappa shape index (κ2) is 20.4. The van der Waals surface area contributed by atoms with E-state index in [1.54, 1.807) is 0 Å². The number of benzene rings is 1. The third kappa shape index (κ3) is 15.0. The van der Waals surface area contributed by atoms with Gasteiger partial charge in [0.2, 0.25) is 0 Å². The van der Waals surface area contributed by atoms with Crippen LogP contribution in [-0.2, 0) is 37.8 Å². The summed E-state index contributed by atoms with van der Waals surface area (Å²) in [5, 5.41) is 0. The van der Waals surface area contributed by atoms with Gasteiger partial charge in [-0.2, -0.15) is 0 Å². The minimum Gasteiger partial charge on any atom is -0.494 e. The Balaban J connectivity index is 1.35. The van der Waals surface area contributed by atoms with E-state index in [-0.39, 0.29) is 24.1 Å². The molecular weight excluding hydrogens is 527 g/mol. The molecule has 0 atom stereocenters. The van der Waals surface area contributed by atoms with Gasteiger partial charge in [-0.15, -0.1) is 0 Å². The average molecular weight is 581 g/mol. The van der Waals surface area contributed by atoms with Gasteiger partial charge in [-0.3, -0.25) is 4.79 Å². The monoisotopic (exact) mass is 580 g/mol. The molecule has 1 aromatic carbocycles. The molecule has 0 bridgehead atoms. The molecule has 0 aromatic heterocycles. The van der Waals surface area contributed by atoms with Crippen LogP contribution in [0.2, 0.25) is 0 Å². The van der Waals surface area contributed by atoms with Crippen LogP contribution < -0.4 is 10.2 Å². The summed E-state index contributed by atoms with van der Waals surface area (Å²) in [5.74, 6) is 1.06. The molecule has 0 unspecified atom stereocenters. The zero-order valence-corrected chi connectivity index (χ0v) is 26.1. The van der Waals surface area contributed by atoms with Crippen LogP contribution in [0.25, 0.3) is 0 Å². The molecule has 0 N–H and O–H groups in total. The summed E-state index contributed by atoms with van der Waals surface area (Å²) >= 11 is 0. The summed E-state index contributed by atoms with van der Waals surface area (Å²) in [5.41, 5.74) is 0.275. The Hall–Kier alpha value is -1.53. The average Bonchev–Trinajstić information content (AvgIpc) is 3.17. The van der Waals surface area contributed by atoms with Crippen LogP contribution in [0.4, 0.5) is 0 Å². The lowest BCUT2D eigenvalue weighted by molar-refractivity contribution is -0.120. The number of hydrogen-bond acceptors (Lipinski definition) is 9. The van der Waals surface area contributed by atoms with Gasteiger partial charge < -0.3 is 37.7 Å². The highest BCUT2D eigenvalue weighted by atomic mass is 16.7. The minimum absolute atomic E-state index is 0.234. The molecule has 1 saturated heterocycles. The van der Waals surface area contributed by atoms with Gasteiger partial charge in [0.25, 0.3) is 0 Å². The third-order valence-electron chi connectivity index (χ3n) is 7.14. The van der Waals surface area contributed by atoms with Crippen LogP contribution in [0.15, 0.2) is 24.3 Å². The number of hydrogen-bond donors (Lipinski definition) is 0. The molecule has 0 radical (unpaired) electrons. The maximum Gasteiger partial charge on any atom is 0.494 e. The number of ketones is 1. The highest BCUT2D eigenvalue weighted by molar-refractivity contribution is 6.62. The minimum atomic E-state index is -0.368. The number of carbonyl (C=O) groups excluding carboxylic acids is 1. The van der Waals surface area contributed by atoms with Crippen molar-refractivity contribution in [2.45, 2.75) is 84.3 Å². The van der Waals surface area contributed by atoms with Crippen LogP contribution in [0.3, 0.4) is 0 Å². The lowest BCUT2D eigenvalue weighted by Crippen LogP contribution is -2.41. The summed E-state index contributed by atoms with van der Waals surface area (Å²) in [6.45, 7) is 16.4. The van der Waals surface area contributed by atoms with Crippen LogP contribution in [0.5, 0.6) is 5.75 Å². The Morgan fingerprint density at radius 1 is 0.634 bits per heavy atom. The van der Waals surface area contributed by atoms with E-state index < -0.39 is 0 Å². The standard InChI is InChI=1S/C31H53BO9/c1-6-16-34-19-21-36-23-25-38-26-24-37-22-20-35-18-15-28(33)10-8-7-9-17-39-29-13-11-27(12-14-29)32-40-30(2,3)31(4,5)41-32/h11-14H,6-10,15-26H2,1-5H3. The number of Topliss-reactive ketones (excluding diaryl/α,β-unsaturated/α-hetero) is 1. The van der Waals surface area contributed by atoms with Gasteiger partial charge in [-0.05, 0) is 71.0 Å². The third-order valence-corrected chi connectivity index (χ3v) is 7.14. The Kier molecular flexibility index (Phi) is 17.7. The Morgan fingerprint density at radius 3 is 1.63 bits per heavy atom. The van der Waals surface area contributed by atoms with Crippen LogP contribution in [0, 0.1) is 0 Å². The van der Waals surface area contributed by atoms with Gasteiger partial charge in [-0.25, -0.2) is 0 Å². The molecule has 1 heterocycles. The SMILES string of the molecule is CCCOCCOCCOCCOCCOCCC(=O)CCCCCOc1ccc(B2OC(C)(C)C(C)(C)O2)cc1. The van der Waals surface area contributed by atoms with Gasteiger partial charge >= 0.3 is 7.12 Å². The predicted molar refractivity (Wildman–Crippen MR) is 160 cm³/mol. The lowest BCUT2D eigenvalue weighted by Gasteiger charge is -2.32. The first kappa shape index (κ1) is 35.7. The topological polar surface area (TPSA) is 90.9 Å². The number of carbonyl (C=O) groups is 1. The normalized spacial score (nSPS) is 15.9. The molecule has 1 aromatic rings. The van der Waals surface area contributed by atoms with Gasteiger partial charge in [0, 0.05) is 19.4 Å². The van der Waals surface area contributed by atoms with E-state index in [0.29, 0.717) is 78.9 Å². The molecule has 9 nitrogen and oxygen atoms in total. The number of ether oxygens (including phenoxy) is 6. The maximum atomic E-state index is 12.1. The van der Waals surface area contributed by atoms with Crippen molar-refractivity contribution in [1.29, 1.82) is 0 Å². The molecule has 0 spiro atoms. The fourth-order valence-electron chi connectivity index (χ4n) is 3.93. The first-order valence-corrected chi connectivity index (χ1v) is 15.2. The zero-order valence-electron chi connectivity index (χ0n) is 26.1. The van der Waals surface area contributed by atoms with E-state index in [1.165, 1.54) is 0 Å². The molecule has 0 aliphatic carbocycles. The van der Waals surface area contributed by atoms with Crippen LogP contribution in [0.1, 0.15) is 73.1 Å². The van der Waals surface area contributed by atoms with Crippen molar-refractivity contribution in [3.05, 3.63) is 24.3 Å². The number of unbranched alkanes of at least 4 members (excludes halogenated alkanes) is 2. The van der Waals surface area contributed by atoms with Crippen molar-refractivity contribution in [2.75, 3.05) is 72.7 Å². The number of rotatable bonds is 25. The molecule has 0 amide bonds. The quantitative estimate of drug-likeness (QED) is 0.124.